The lowest BCUT2D eigenvalue weighted by Gasteiger charge is -2.31. The molecule has 2 aromatic heterocycles. The van der Waals surface area contributed by atoms with E-state index in [1.807, 2.05) is 26.1 Å². The Morgan fingerprint density at radius 2 is 1.93 bits per heavy atom. The van der Waals surface area contributed by atoms with Crippen molar-refractivity contribution in [1.82, 2.24) is 14.9 Å². The SMILES string of the molecule is CC(OC=O)C1CC1.CNC1C=CC(c2c(-c3nc(C(F)(F)F)cs3)c3ccc(OC4CCOCC4)cc3n2C2CCC2)=CC1. The van der Waals surface area contributed by atoms with Gasteiger partial charge in [0.1, 0.15) is 23.0 Å². The predicted octanol–water partition coefficient (Wildman–Crippen LogP) is 7.96. The fourth-order valence-electron chi connectivity index (χ4n) is 6.17. The average molecular weight is 644 g/mol. The molecule has 3 aromatic rings. The molecule has 3 heterocycles. The molecule has 11 heteroatoms. The Kier molecular flexibility index (Phi) is 9.68. The first-order valence-electron chi connectivity index (χ1n) is 15.9. The lowest BCUT2D eigenvalue weighted by molar-refractivity contribution is -0.140. The van der Waals surface area contributed by atoms with Gasteiger partial charge in [-0.15, -0.1) is 11.3 Å². The minimum Gasteiger partial charge on any atom is -0.490 e. The summed E-state index contributed by atoms with van der Waals surface area (Å²) in [6.07, 6.45) is 10.4. The number of likely N-dealkylation sites (N-methyl/N-ethyl adjacent to an activating group) is 1. The second-order valence-electron chi connectivity index (χ2n) is 12.2. The topological polar surface area (TPSA) is 74.6 Å². The molecule has 0 amide bonds. The normalized spacial score (nSPS) is 21.4. The van der Waals surface area contributed by atoms with E-state index in [9.17, 15) is 18.0 Å². The number of nitrogens with zero attached hydrogens (tertiary/aromatic N) is 2. The first kappa shape index (κ1) is 31.8. The molecule has 0 radical (unpaired) electrons. The van der Waals surface area contributed by atoms with Crippen LogP contribution in [0.5, 0.6) is 5.75 Å². The van der Waals surface area contributed by atoms with E-state index in [1.165, 1.54) is 12.8 Å². The molecule has 3 aliphatic carbocycles. The zero-order valence-electron chi connectivity index (χ0n) is 25.6. The second kappa shape index (κ2) is 13.7. The number of hydrogen-bond acceptors (Lipinski definition) is 7. The molecule has 45 heavy (non-hydrogen) atoms. The number of benzene rings is 1. The molecule has 1 saturated heterocycles. The van der Waals surface area contributed by atoms with E-state index in [0.29, 0.717) is 36.7 Å². The summed E-state index contributed by atoms with van der Waals surface area (Å²) in [5, 5.41) is 5.71. The Balaban J connectivity index is 0.000000390. The molecule has 7 rings (SSSR count). The van der Waals surface area contributed by atoms with Crippen LogP contribution >= 0.6 is 11.3 Å². The van der Waals surface area contributed by atoms with Gasteiger partial charge in [0.05, 0.1) is 24.4 Å². The van der Waals surface area contributed by atoms with Gasteiger partial charge in [0.2, 0.25) is 0 Å². The molecular formula is C34H40F3N3O4S. The number of thiazole rings is 1. The highest BCUT2D eigenvalue weighted by atomic mass is 32.1. The number of rotatable bonds is 9. The van der Waals surface area contributed by atoms with Crippen LogP contribution in [0.4, 0.5) is 13.2 Å². The standard InChI is InChI=1S/C28H30F3N3O2S.C6H10O2/c1-32-18-7-5-17(6-8-18)26-25(27-33-24(16-37-27)28(29,30)31)22-10-9-21(36-20-11-13-35-14-12-20)15-23(22)34(26)19-3-2-4-19;1-5(8-4-7)6-2-3-6/h5-7,9-10,15-16,18-20,32H,2-4,8,11-14H2,1H3;4-6H,2-3H2,1H3. The predicted molar refractivity (Wildman–Crippen MR) is 169 cm³/mol. The molecule has 1 aromatic carbocycles. The van der Waals surface area contributed by atoms with Crippen LogP contribution in [0.2, 0.25) is 0 Å². The van der Waals surface area contributed by atoms with Crippen LogP contribution in [0.3, 0.4) is 0 Å². The highest BCUT2D eigenvalue weighted by Gasteiger charge is 2.36. The number of hydrogen-bond donors (Lipinski definition) is 1. The highest BCUT2D eigenvalue weighted by Crippen LogP contribution is 2.48. The molecule has 2 atom stereocenters. The lowest BCUT2D eigenvalue weighted by atomic mass is 9.91. The largest absolute Gasteiger partial charge is 0.490 e. The smallest absolute Gasteiger partial charge is 0.434 e. The van der Waals surface area contributed by atoms with E-state index in [0.717, 1.165) is 88.7 Å². The fraction of sp³-hybridized carbons (Fsp3) is 0.529. The number of aromatic nitrogens is 2. The zero-order chi connectivity index (χ0) is 31.6. The van der Waals surface area contributed by atoms with Crippen LogP contribution in [0, 0.1) is 5.92 Å². The summed E-state index contributed by atoms with van der Waals surface area (Å²) in [4.78, 5) is 13.8. The Hall–Kier alpha value is -3.15. The van der Waals surface area contributed by atoms with Gasteiger partial charge in [-0.1, -0.05) is 18.2 Å². The van der Waals surface area contributed by atoms with E-state index < -0.39 is 11.9 Å². The molecule has 2 saturated carbocycles. The van der Waals surface area contributed by atoms with Crippen molar-refractivity contribution >= 4 is 34.3 Å². The fourth-order valence-corrected chi connectivity index (χ4v) is 7.05. The van der Waals surface area contributed by atoms with Crippen molar-refractivity contribution < 1.29 is 32.2 Å². The van der Waals surface area contributed by atoms with Crippen LogP contribution in [-0.2, 0) is 20.4 Å². The Bertz CT molecular complexity index is 1550. The van der Waals surface area contributed by atoms with Crippen molar-refractivity contribution in [3.8, 4) is 16.3 Å². The van der Waals surface area contributed by atoms with Gasteiger partial charge < -0.3 is 24.1 Å². The van der Waals surface area contributed by atoms with Crippen LogP contribution in [0.1, 0.15) is 75.7 Å². The molecule has 242 valence electrons. The van der Waals surface area contributed by atoms with Gasteiger partial charge >= 0.3 is 6.18 Å². The van der Waals surface area contributed by atoms with E-state index in [2.05, 4.69) is 43.9 Å². The summed E-state index contributed by atoms with van der Waals surface area (Å²) >= 11 is 1.06. The Morgan fingerprint density at radius 1 is 1.16 bits per heavy atom. The average Bonchev–Trinajstić information content (AvgIpc) is 3.66. The van der Waals surface area contributed by atoms with Gasteiger partial charge in [-0.05, 0) is 76.1 Å². The number of halogens is 3. The third-order valence-corrected chi connectivity index (χ3v) is 10.1. The van der Waals surface area contributed by atoms with Crippen LogP contribution in [-0.4, -0.2) is 54.5 Å². The number of nitrogens with one attached hydrogen (secondary N) is 1. The van der Waals surface area contributed by atoms with E-state index in [1.54, 1.807) is 0 Å². The maximum absolute atomic E-state index is 13.5. The van der Waals surface area contributed by atoms with Crippen molar-refractivity contribution in [1.29, 1.82) is 0 Å². The second-order valence-corrected chi connectivity index (χ2v) is 13.1. The molecule has 0 bridgehead atoms. The van der Waals surface area contributed by atoms with Gasteiger partial charge in [0.25, 0.3) is 6.47 Å². The Labute approximate surface area is 265 Å². The molecule has 4 aliphatic rings. The third-order valence-electron chi connectivity index (χ3n) is 9.20. The molecule has 2 unspecified atom stereocenters. The van der Waals surface area contributed by atoms with Crippen molar-refractivity contribution in [2.24, 2.45) is 5.92 Å². The van der Waals surface area contributed by atoms with Crippen LogP contribution in [0.15, 0.2) is 41.8 Å². The quantitative estimate of drug-likeness (QED) is 0.239. The maximum atomic E-state index is 13.5. The number of fused-ring (bicyclic) bond motifs is 1. The van der Waals surface area contributed by atoms with Crippen molar-refractivity contribution in [3.05, 3.63) is 53.2 Å². The van der Waals surface area contributed by atoms with Gasteiger partial charge in [-0.25, -0.2) is 4.98 Å². The molecule has 1 aliphatic heterocycles. The lowest BCUT2D eigenvalue weighted by Crippen LogP contribution is -2.25. The first-order valence-corrected chi connectivity index (χ1v) is 16.7. The van der Waals surface area contributed by atoms with Gasteiger partial charge in [0, 0.05) is 47.3 Å². The summed E-state index contributed by atoms with van der Waals surface area (Å²) in [5.74, 6) is 1.45. The molecule has 3 fully saturated rings. The summed E-state index contributed by atoms with van der Waals surface area (Å²) in [6, 6.07) is 6.54. The number of carbonyl (C=O) groups is 1. The van der Waals surface area contributed by atoms with Gasteiger partial charge in [-0.2, -0.15) is 13.2 Å². The van der Waals surface area contributed by atoms with E-state index >= 15 is 0 Å². The monoisotopic (exact) mass is 643 g/mol. The number of ether oxygens (including phenoxy) is 3. The maximum Gasteiger partial charge on any atom is 0.434 e. The molecular weight excluding hydrogens is 603 g/mol. The number of alkyl halides is 3. The van der Waals surface area contributed by atoms with Crippen molar-refractivity contribution in [3.63, 3.8) is 0 Å². The first-order chi connectivity index (χ1) is 21.8. The minimum atomic E-state index is -4.48. The molecule has 7 nitrogen and oxygen atoms in total. The molecule has 1 N–H and O–H groups in total. The van der Waals surface area contributed by atoms with E-state index in [4.69, 9.17) is 9.47 Å². The van der Waals surface area contributed by atoms with Crippen LogP contribution < -0.4 is 10.1 Å². The third kappa shape index (κ3) is 7.15. The zero-order valence-corrected chi connectivity index (χ0v) is 26.5. The summed E-state index contributed by atoms with van der Waals surface area (Å²) in [6.45, 7) is 3.85. The summed E-state index contributed by atoms with van der Waals surface area (Å²) in [5.41, 5.74) is 2.91. The Morgan fingerprint density at radius 3 is 2.51 bits per heavy atom. The van der Waals surface area contributed by atoms with Crippen molar-refractivity contribution in [2.75, 3.05) is 20.3 Å². The number of carbonyl (C=O) groups excluding carboxylic acids is 1. The summed E-state index contributed by atoms with van der Waals surface area (Å²) in [7, 11) is 1.93. The minimum absolute atomic E-state index is 0.105. The highest BCUT2D eigenvalue weighted by molar-refractivity contribution is 7.13. The van der Waals surface area contributed by atoms with E-state index in [-0.39, 0.29) is 18.2 Å². The van der Waals surface area contributed by atoms with Crippen LogP contribution in [0.25, 0.3) is 27.0 Å². The van der Waals surface area contributed by atoms with Gasteiger partial charge in [0.15, 0.2) is 5.69 Å². The molecule has 0 spiro atoms. The number of allylic oxidation sites excluding steroid dienone is 2. The van der Waals surface area contributed by atoms with Gasteiger partial charge in [-0.3, -0.25) is 4.79 Å². The van der Waals surface area contributed by atoms with Crippen molar-refractivity contribution in [2.45, 2.75) is 88.8 Å². The summed E-state index contributed by atoms with van der Waals surface area (Å²) < 4.78 is 59.4.